The number of pyridine rings is 1. The molecular formula is C15H22N4. The number of hydrogen-bond donors (Lipinski definition) is 1. The minimum absolute atomic E-state index is 0.0241. The van der Waals surface area contributed by atoms with Crippen LogP contribution in [-0.4, -0.2) is 14.5 Å². The molecule has 2 N–H and O–H groups in total. The van der Waals surface area contributed by atoms with Crippen molar-refractivity contribution in [2.45, 2.75) is 46.1 Å². The summed E-state index contributed by atoms with van der Waals surface area (Å²) in [7, 11) is 0. The molecule has 0 aliphatic carbocycles. The van der Waals surface area contributed by atoms with Crippen LogP contribution in [0.1, 0.15) is 39.9 Å². The first-order valence-electron chi connectivity index (χ1n) is 6.72. The van der Waals surface area contributed by atoms with Crippen LogP contribution in [0, 0.1) is 0 Å². The molecule has 0 aliphatic rings. The molecule has 0 bridgehead atoms. The van der Waals surface area contributed by atoms with Crippen molar-refractivity contribution in [3.8, 4) is 11.3 Å². The minimum atomic E-state index is -0.0241. The molecule has 0 saturated heterocycles. The van der Waals surface area contributed by atoms with Gasteiger partial charge in [0.05, 0.1) is 0 Å². The summed E-state index contributed by atoms with van der Waals surface area (Å²) in [5, 5.41) is 0. The van der Waals surface area contributed by atoms with E-state index in [1.807, 2.05) is 12.1 Å². The van der Waals surface area contributed by atoms with E-state index in [1.54, 1.807) is 12.4 Å². The number of hydrogen-bond acceptors (Lipinski definition) is 3. The Bertz CT molecular complexity index is 550. The van der Waals surface area contributed by atoms with Crippen LogP contribution < -0.4 is 5.73 Å². The van der Waals surface area contributed by atoms with Gasteiger partial charge >= 0.3 is 0 Å². The number of nitrogens with two attached hydrogens (primary N) is 1. The van der Waals surface area contributed by atoms with E-state index in [0.717, 1.165) is 35.9 Å². The molecule has 0 spiro atoms. The van der Waals surface area contributed by atoms with E-state index >= 15 is 0 Å². The second kappa shape index (κ2) is 5.03. The van der Waals surface area contributed by atoms with Crippen molar-refractivity contribution in [3.63, 3.8) is 0 Å². The summed E-state index contributed by atoms with van der Waals surface area (Å²) < 4.78 is 2.13. The van der Waals surface area contributed by atoms with Gasteiger partial charge in [-0.3, -0.25) is 4.98 Å². The standard InChI is InChI=1S/C15H22N4/c1-5-9-19-13(16)12(11-7-6-8-17-10-11)18-14(19)15(2,3)4/h6-8,10H,5,9,16H2,1-4H3. The van der Waals surface area contributed by atoms with Crippen LogP contribution >= 0.6 is 0 Å². The predicted molar refractivity (Wildman–Crippen MR) is 78.9 cm³/mol. The summed E-state index contributed by atoms with van der Waals surface area (Å²) in [6, 6.07) is 3.90. The van der Waals surface area contributed by atoms with Crippen molar-refractivity contribution < 1.29 is 0 Å². The van der Waals surface area contributed by atoms with Crippen molar-refractivity contribution in [3.05, 3.63) is 30.4 Å². The topological polar surface area (TPSA) is 56.7 Å². The zero-order valence-electron chi connectivity index (χ0n) is 12.1. The van der Waals surface area contributed by atoms with Gasteiger partial charge in [0.1, 0.15) is 17.3 Å². The summed E-state index contributed by atoms with van der Waals surface area (Å²) in [5.74, 6) is 1.77. The molecule has 0 saturated carbocycles. The van der Waals surface area contributed by atoms with E-state index < -0.39 is 0 Å². The van der Waals surface area contributed by atoms with Gasteiger partial charge < -0.3 is 10.3 Å². The fourth-order valence-corrected chi connectivity index (χ4v) is 2.20. The van der Waals surface area contributed by atoms with Gasteiger partial charge in [0.15, 0.2) is 0 Å². The van der Waals surface area contributed by atoms with Gasteiger partial charge in [-0.2, -0.15) is 0 Å². The number of nitrogen functional groups attached to an aromatic ring is 1. The zero-order valence-corrected chi connectivity index (χ0v) is 12.1. The zero-order chi connectivity index (χ0) is 14.0. The lowest BCUT2D eigenvalue weighted by Crippen LogP contribution is -2.19. The summed E-state index contributed by atoms with van der Waals surface area (Å²) in [6.07, 6.45) is 4.60. The second-order valence-electron chi connectivity index (χ2n) is 5.81. The Morgan fingerprint density at radius 2 is 2.05 bits per heavy atom. The third-order valence-electron chi connectivity index (χ3n) is 3.06. The SMILES string of the molecule is CCCn1c(C(C)(C)C)nc(-c2cccnc2)c1N. The normalized spacial score (nSPS) is 11.8. The molecule has 2 aromatic heterocycles. The van der Waals surface area contributed by atoms with Gasteiger partial charge in [0, 0.05) is 29.9 Å². The Kier molecular flexibility index (Phi) is 3.60. The number of imidazole rings is 1. The molecule has 19 heavy (non-hydrogen) atoms. The highest BCUT2D eigenvalue weighted by Gasteiger charge is 2.25. The Labute approximate surface area is 114 Å². The van der Waals surface area contributed by atoms with Crippen LogP contribution in [0.25, 0.3) is 11.3 Å². The fraction of sp³-hybridized carbons (Fsp3) is 0.467. The summed E-state index contributed by atoms with van der Waals surface area (Å²) >= 11 is 0. The highest BCUT2D eigenvalue weighted by molar-refractivity contribution is 5.70. The maximum absolute atomic E-state index is 6.29. The monoisotopic (exact) mass is 258 g/mol. The van der Waals surface area contributed by atoms with Gasteiger partial charge in [-0.25, -0.2) is 4.98 Å². The van der Waals surface area contributed by atoms with E-state index in [4.69, 9.17) is 10.7 Å². The molecule has 4 heteroatoms. The van der Waals surface area contributed by atoms with Gasteiger partial charge in [-0.1, -0.05) is 27.7 Å². The number of nitrogens with zero attached hydrogens (tertiary/aromatic N) is 3. The second-order valence-corrected chi connectivity index (χ2v) is 5.81. The van der Waals surface area contributed by atoms with Gasteiger partial charge in [0.2, 0.25) is 0 Å². The molecule has 0 radical (unpaired) electrons. The first-order valence-corrected chi connectivity index (χ1v) is 6.72. The summed E-state index contributed by atoms with van der Waals surface area (Å²) in [5.41, 5.74) is 8.08. The van der Waals surface area contributed by atoms with E-state index in [0.29, 0.717) is 0 Å². The molecule has 102 valence electrons. The van der Waals surface area contributed by atoms with Crippen LogP contribution in [-0.2, 0) is 12.0 Å². The van der Waals surface area contributed by atoms with Crippen LogP contribution in [0.2, 0.25) is 0 Å². The third-order valence-corrected chi connectivity index (χ3v) is 3.06. The van der Waals surface area contributed by atoms with E-state index in [1.165, 1.54) is 0 Å². The molecule has 0 aliphatic heterocycles. The van der Waals surface area contributed by atoms with E-state index in [9.17, 15) is 0 Å². The molecular weight excluding hydrogens is 236 g/mol. The van der Waals surface area contributed by atoms with Crippen LogP contribution in [0.15, 0.2) is 24.5 Å². The average molecular weight is 258 g/mol. The average Bonchev–Trinajstić information content (AvgIpc) is 2.69. The van der Waals surface area contributed by atoms with E-state index in [-0.39, 0.29) is 5.41 Å². The quantitative estimate of drug-likeness (QED) is 0.919. The first kappa shape index (κ1) is 13.6. The lowest BCUT2D eigenvalue weighted by molar-refractivity contribution is 0.498. The Morgan fingerprint density at radius 1 is 1.32 bits per heavy atom. The molecule has 0 unspecified atom stereocenters. The predicted octanol–water partition coefficient (Wildman–Crippen LogP) is 3.23. The Balaban J connectivity index is 2.59. The fourth-order valence-electron chi connectivity index (χ4n) is 2.20. The minimum Gasteiger partial charge on any atom is -0.383 e. The van der Waals surface area contributed by atoms with Gasteiger partial charge in [-0.15, -0.1) is 0 Å². The third kappa shape index (κ3) is 2.62. The van der Waals surface area contributed by atoms with Crippen molar-refractivity contribution in [2.75, 3.05) is 5.73 Å². The van der Waals surface area contributed by atoms with Crippen LogP contribution in [0.4, 0.5) is 5.82 Å². The summed E-state index contributed by atoms with van der Waals surface area (Å²) in [6.45, 7) is 9.52. The highest BCUT2D eigenvalue weighted by Crippen LogP contribution is 2.31. The van der Waals surface area contributed by atoms with Crippen molar-refractivity contribution >= 4 is 5.82 Å². The van der Waals surface area contributed by atoms with Crippen molar-refractivity contribution in [2.24, 2.45) is 0 Å². The molecule has 4 nitrogen and oxygen atoms in total. The van der Waals surface area contributed by atoms with Gasteiger partial charge in [0.25, 0.3) is 0 Å². The highest BCUT2D eigenvalue weighted by atomic mass is 15.1. The molecule has 2 heterocycles. The maximum atomic E-state index is 6.29. The molecule has 0 amide bonds. The number of aromatic nitrogens is 3. The Morgan fingerprint density at radius 3 is 2.58 bits per heavy atom. The molecule has 0 fully saturated rings. The Hall–Kier alpha value is -1.84. The lowest BCUT2D eigenvalue weighted by atomic mass is 9.95. The van der Waals surface area contributed by atoms with Crippen LogP contribution in [0.5, 0.6) is 0 Å². The number of rotatable bonds is 3. The first-order chi connectivity index (χ1) is 8.95. The molecule has 2 rings (SSSR count). The smallest absolute Gasteiger partial charge is 0.131 e. The van der Waals surface area contributed by atoms with E-state index in [2.05, 4.69) is 37.2 Å². The molecule has 0 aromatic carbocycles. The van der Waals surface area contributed by atoms with Crippen LogP contribution in [0.3, 0.4) is 0 Å². The molecule has 0 atom stereocenters. The molecule has 2 aromatic rings. The number of anilines is 1. The summed E-state index contributed by atoms with van der Waals surface area (Å²) in [4.78, 5) is 8.91. The van der Waals surface area contributed by atoms with Crippen molar-refractivity contribution in [1.29, 1.82) is 0 Å². The van der Waals surface area contributed by atoms with Gasteiger partial charge in [-0.05, 0) is 18.6 Å². The van der Waals surface area contributed by atoms with Crippen molar-refractivity contribution in [1.82, 2.24) is 14.5 Å². The maximum Gasteiger partial charge on any atom is 0.131 e. The lowest BCUT2D eigenvalue weighted by Gasteiger charge is -2.19. The largest absolute Gasteiger partial charge is 0.383 e.